The molecule has 2 aromatic carbocycles. The van der Waals surface area contributed by atoms with Crippen LogP contribution in [0.1, 0.15) is 73.5 Å². The van der Waals surface area contributed by atoms with Gasteiger partial charge >= 0.3 is 0 Å². The average Bonchev–Trinajstić information content (AvgIpc) is 2.69. The first-order chi connectivity index (χ1) is 13.0. The molecule has 0 N–H and O–H groups in total. The Hall–Kier alpha value is -3.02. The van der Waals surface area contributed by atoms with Crippen LogP contribution in [0.3, 0.4) is 0 Å². The Morgan fingerprint density at radius 3 is 1.52 bits per heavy atom. The normalized spacial score (nSPS) is 20.0. The third-order valence-electron chi connectivity index (χ3n) is 6.07. The van der Waals surface area contributed by atoms with E-state index in [1.807, 2.05) is 0 Å². The largest absolute Gasteiger partial charge is 0.277 e. The Labute approximate surface area is 155 Å². The fraction of sp³-hybridized carbons (Fsp3) is 0.333. The highest BCUT2D eigenvalue weighted by atomic mass is 16.2. The van der Waals surface area contributed by atoms with E-state index in [1.54, 1.807) is 24.3 Å². The average molecular weight is 362 g/mol. The maximum absolute atomic E-state index is 13.2. The molecule has 0 atom stereocenters. The molecule has 0 bridgehead atoms. The van der Waals surface area contributed by atoms with Gasteiger partial charge in [-0.25, -0.2) is 0 Å². The second-order valence-electron chi connectivity index (χ2n) is 7.51. The molecule has 6 nitrogen and oxygen atoms in total. The van der Waals surface area contributed by atoms with Crippen LogP contribution in [-0.4, -0.2) is 46.5 Å². The summed E-state index contributed by atoms with van der Waals surface area (Å²) in [7, 11) is 1.44. The van der Waals surface area contributed by atoms with E-state index in [0.29, 0.717) is 33.0 Å². The van der Waals surface area contributed by atoms with Gasteiger partial charge in [0.25, 0.3) is 23.6 Å². The number of imide groups is 2. The van der Waals surface area contributed by atoms with Crippen molar-refractivity contribution in [2.75, 3.05) is 7.05 Å². The number of benzene rings is 2. The van der Waals surface area contributed by atoms with Gasteiger partial charge in [0.1, 0.15) is 0 Å². The molecule has 1 aliphatic carbocycles. The number of rotatable bonds is 1. The lowest BCUT2D eigenvalue weighted by molar-refractivity contribution is 0.0500. The van der Waals surface area contributed by atoms with Crippen LogP contribution in [0, 0.1) is 0 Å². The Bertz CT molecular complexity index is 995. The molecule has 5 rings (SSSR count). The lowest BCUT2D eigenvalue weighted by Crippen LogP contribution is -2.48. The van der Waals surface area contributed by atoms with Gasteiger partial charge in [-0.15, -0.1) is 0 Å². The van der Waals surface area contributed by atoms with Crippen molar-refractivity contribution < 1.29 is 19.2 Å². The maximum atomic E-state index is 13.2. The van der Waals surface area contributed by atoms with Gasteiger partial charge in [-0.1, -0.05) is 19.3 Å². The standard InChI is InChI=1S/C21H18N2O4/c1-22-18(24)12-7-9-14-17-15(10-8-13(16(12)17)19(22)25)21(27)23(20(14)26)11-5-3-2-4-6-11/h7-11H,2-6H2,1H3. The van der Waals surface area contributed by atoms with E-state index in [9.17, 15) is 19.2 Å². The lowest BCUT2D eigenvalue weighted by Gasteiger charge is -2.36. The SMILES string of the molecule is CN1C(=O)c2ccc3c4c(ccc(c24)C1=O)C(=O)N(C1CCCCC1)C3=O. The van der Waals surface area contributed by atoms with E-state index >= 15 is 0 Å². The summed E-state index contributed by atoms with van der Waals surface area (Å²) < 4.78 is 0. The van der Waals surface area contributed by atoms with E-state index in [1.165, 1.54) is 11.9 Å². The van der Waals surface area contributed by atoms with Gasteiger partial charge in [0.15, 0.2) is 0 Å². The zero-order chi connectivity index (χ0) is 18.9. The van der Waals surface area contributed by atoms with Crippen molar-refractivity contribution in [1.82, 2.24) is 9.80 Å². The Balaban J connectivity index is 1.77. The summed E-state index contributed by atoms with van der Waals surface area (Å²) in [5, 5.41) is 0.880. The fourth-order valence-electron chi connectivity index (χ4n) is 4.68. The second-order valence-corrected chi connectivity index (χ2v) is 7.51. The molecule has 6 heteroatoms. The van der Waals surface area contributed by atoms with Crippen molar-refractivity contribution in [2.24, 2.45) is 0 Å². The number of hydrogen-bond acceptors (Lipinski definition) is 4. The van der Waals surface area contributed by atoms with Gasteiger partial charge in [0.05, 0.1) is 0 Å². The van der Waals surface area contributed by atoms with Crippen LogP contribution in [0.5, 0.6) is 0 Å². The highest BCUT2D eigenvalue weighted by Gasteiger charge is 2.41. The molecule has 136 valence electrons. The molecule has 2 heterocycles. The Morgan fingerprint density at radius 1 is 0.667 bits per heavy atom. The zero-order valence-corrected chi connectivity index (χ0v) is 14.9. The van der Waals surface area contributed by atoms with Crippen LogP contribution in [0.2, 0.25) is 0 Å². The van der Waals surface area contributed by atoms with Crippen LogP contribution in [-0.2, 0) is 0 Å². The molecule has 0 saturated heterocycles. The van der Waals surface area contributed by atoms with Gasteiger partial charge in [0.2, 0.25) is 0 Å². The molecule has 3 aliphatic rings. The first kappa shape index (κ1) is 16.2. The number of hydrogen-bond donors (Lipinski definition) is 0. The fourth-order valence-corrected chi connectivity index (χ4v) is 4.68. The van der Waals surface area contributed by atoms with Crippen molar-refractivity contribution in [1.29, 1.82) is 0 Å². The molecule has 0 spiro atoms. The highest BCUT2D eigenvalue weighted by molar-refractivity contribution is 6.33. The predicted molar refractivity (Wildman–Crippen MR) is 97.7 cm³/mol. The smallest absolute Gasteiger partial charge is 0.261 e. The minimum atomic E-state index is -0.411. The molecule has 1 fully saturated rings. The maximum Gasteiger partial charge on any atom is 0.261 e. The third-order valence-corrected chi connectivity index (χ3v) is 6.07. The van der Waals surface area contributed by atoms with Crippen LogP contribution < -0.4 is 0 Å². The summed E-state index contributed by atoms with van der Waals surface area (Å²) in [6.07, 6.45) is 4.81. The topological polar surface area (TPSA) is 74.8 Å². The second kappa shape index (κ2) is 5.49. The van der Waals surface area contributed by atoms with Gasteiger partial charge in [-0.3, -0.25) is 29.0 Å². The zero-order valence-electron chi connectivity index (χ0n) is 14.9. The van der Waals surface area contributed by atoms with E-state index < -0.39 is 11.8 Å². The summed E-state index contributed by atoms with van der Waals surface area (Å²) >= 11 is 0. The monoisotopic (exact) mass is 362 g/mol. The van der Waals surface area contributed by atoms with Gasteiger partial charge < -0.3 is 0 Å². The molecular weight excluding hydrogens is 344 g/mol. The summed E-state index contributed by atoms with van der Waals surface area (Å²) in [5.74, 6) is -1.46. The van der Waals surface area contributed by atoms with Gasteiger partial charge in [-0.05, 0) is 37.1 Å². The van der Waals surface area contributed by atoms with E-state index in [0.717, 1.165) is 37.0 Å². The number of nitrogens with zero attached hydrogens (tertiary/aromatic N) is 2. The number of carbonyl (C=O) groups is 4. The van der Waals surface area contributed by atoms with Crippen molar-refractivity contribution in [3.63, 3.8) is 0 Å². The molecule has 27 heavy (non-hydrogen) atoms. The minimum absolute atomic E-state index is 0.0800. The van der Waals surface area contributed by atoms with Gasteiger partial charge in [-0.2, -0.15) is 0 Å². The highest BCUT2D eigenvalue weighted by Crippen LogP contribution is 2.39. The van der Waals surface area contributed by atoms with Crippen molar-refractivity contribution in [3.05, 3.63) is 46.5 Å². The Kier molecular flexibility index (Phi) is 3.29. The first-order valence-electron chi connectivity index (χ1n) is 9.30. The summed E-state index contributed by atoms with van der Waals surface area (Å²) in [5.41, 5.74) is 1.53. The van der Waals surface area contributed by atoms with E-state index in [2.05, 4.69) is 0 Å². The first-order valence-corrected chi connectivity index (χ1v) is 9.30. The van der Waals surface area contributed by atoms with E-state index in [4.69, 9.17) is 0 Å². The predicted octanol–water partition coefficient (Wildman–Crippen LogP) is 2.99. The van der Waals surface area contributed by atoms with E-state index in [-0.39, 0.29) is 17.9 Å². The van der Waals surface area contributed by atoms with Crippen molar-refractivity contribution >= 4 is 34.4 Å². The van der Waals surface area contributed by atoms with Crippen LogP contribution >= 0.6 is 0 Å². The third kappa shape index (κ3) is 2.01. The molecule has 2 aromatic rings. The molecule has 4 amide bonds. The number of amides is 4. The summed E-state index contributed by atoms with van der Waals surface area (Å²) in [6.45, 7) is 0. The molecule has 0 aromatic heterocycles. The lowest BCUT2D eigenvalue weighted by atomic mass is 9.84. The van der Waals surface area contributed by atoms with Crippen molar-refractivity contribution in [2.45, 2.75) is 38.1 Å². The van der Waals surface area contributed by atoms with Gasteiger partial charge in [0, 0.05) is 46.1 Å². The minimum Gasteiger partial charge on any atom is -0.277 e. The molecular formula is C21H18N2O4. The summed E-state index contributed by atoms with van der Waals surface area (Å²) in [4.78, 5) is 53.9. The molecule has 0 radical (unpaired) electrons. The number of carbonyl (C=O) groups excluding carboxylic acids is 4. The molecule has 0 unspecified atom stereocenters. The Morgan fingerprint density at radius 2 is 1.07 bits per heavy atom. The van der Waals surface area contributed by atoms with Crippen molar-refractivity contribution in [3.8, 4) is 0 Å². The molecule has 2 aliphatic heterocycles. The quantitative estimate of drug-likeness (QED) is 0.731. The molecule has 1 saturated carbocycles. The van der Waals surface area contributed by atoms with Crippen LogP contribution in [0.15, 0.2) is 24.3 Å². The van der Waals surface area contributed by atoms with Crippen LogP contribution in [0.4, 0.5) is 0 Å². The summed E-state index contributed by atoms with van der Waals surface area (Å²) in [6, 6.07) is 6.36. The van der Waals surface area contributed by atoms with Crippen LogP contribution in [0.25, 0.3) is 10.8 Å².